The third kappa shape index (κ3) is 12.1. The molecule has 0 aliphatic heterocycles. The third-order valence-corrected chi connectivity index (χ3v) is 7.25. The number of benzene rings is 2. The minimum absolute atomic E-state index is 0.0104. The molecule has 14 heteroatoms. The van der Waals surface area contributed by atoms with Gasteiger partial charge in [0.05, 0.1) is 12.5 Å². The highest BCUT2D eigenvalue weighted by Gasteiger charge is 2.42. The van der Waals surface area contributed by atoms with Crippen LogP contribution in [0.15, 0.2) is 79.0 Å². The molecule has 0 bridgehead atoms. The van der Waals surface area contributed by atoms with Crippen LogP contribution in [0.4, 0.5) is 19.0 Å². The molecule has 3 rings (SSSR count). The zero-order valence-electron chi connectivity index (χ0n) is 24.3. The zero-order chi connectivity index (χ0) is 32.8. The first kappa shape index (κ1) is 34.9. The van der Waals surface area contributed by atoms with E-state index in [4.69, 9.17) is 0 Å². The third-order valence-electron chi connectivity index (χ3n) is 6.44. The number of pyridine rings is 1. The molecule has 1 aromatic heterocycles. The number of nitrogens with zero attached hydrogens (tertiary/aromatic N) is 1. The van der Waals surface area contributed by atoms with E-state index >= 15 is 0 Å². The highest BCUT2D eigenvalue weighted by atomic mass is 32.2. The molecule has 240 valence electrons. The lowest BCUT2D eigenvalue weighted by Gasteiger charge is -2.24. The van der Waals surface area contributed by atoms with Crippen LogP contribution in [-0.4, -0.2) is 63.7 Å². The largest absolute Gasteiger partial charge is 0.491 e. The maximum absolute atomic E-state index is 13.4. The minimum Gasteiger partial charge on any atom is -0.386 e. The summed E-state index contributed by atoms with van der Waals surface area (Å²) in [5.41, 5.74) is 2.02. The minimum atomic E-state index is -5.38. The van der Waals surface area contributed by atoms with Crippen LogP contribution in [0.25, 0.3) is 11.1 Å². The van der Waals surface area contributed by atoms with E-state index in [0.717, 1.165) is 11.1 Å². The standard InChI is InChI=1S/C31H33F3N4O6S/c1-45(43)19-16-24(37-27(39)11-7-18-36-26-10-5-6-17-35-26)29(41)38-25(20-28(40)44-30(42)31(32,33)34)23-14-12-22(13-15-23)21-8-3-2-4-9-21/h2-6,8-10,12-15,17,24-25H,7,11,16,18-20H2,1H3,(H,35,36)(H,37,39)(H,38,41)/t24-,25?,45?/m0/s1. The monoisotopic (exact) mass is 646 g/mol. The van der Waals surface area contributed by atoms with Gasteiger partial charge >= 0.3 is 18.1 Å². The number of aromatic nitrogens is 1. The van der Waals surface area contributed by atoms with E-state index in [1.165, 1.54) is 6.26 Å². The predicted molar refractivity (Wildman–Crippen MR) is 162 cm³/mol. The molecule has 3 atom stereocenters. The molecule has 0 aliphatic carbocycles. The number of carbonyl (C=O) groups excluding carboxylic acids is 4. The molecule has 0 saturated heterocycles. The van der Waals surface area contributed by atoms with Crippen LogP contribution in [0.5, 0.6) is 0 Å². The number of amides is 2. The summed E-state index contributed by atoms with van der Waals surface area (Å²) in [6, 6.07) is 18.8. The molecule has 2 unspecified atom stereocenters. The van der Waals surface area contributed by atoms with Crippen molar-refractivity contribution in [1.29, 1.82) is 0 Å². The number of halogens is 3. The predicted octanol–water partition coefficient (Wildman–Crippen LogP) is 4.07. The SMILES string of the molecule is CS(=O)CC[C@H](NC(=O)CCCNc1ccccn1)C(=O)NC(CC(=O)OC(=O)C(F)(F)F)c1ccc(-c2ccccc2)cc1. The first-order chi connectivity index (χ1) is 21.4. The van der Waals surface area contributed by atoms with Crippen LogP contribution < -0.4 is 16.0 Å². The zero-order valence-corrected chi connectivity index (χ0v) is 25.2. The summed E-state index contributed by atoms with van der Waals surface area (Å²) < 4.78 is 53.8. The molecule has 0 fully saturated rings. The lowest BCUT2D eigenvalue weighted by molar-refractivity contribution is -0.202. The van der Waals surface area contributed by atoms with Crippen molar-refractivity contribution in [2.45, 2.75) is 43.9 Å². The Morgan fingerprint density at radius 1 is 0.911 bits per heavy atom. The van der Waals surface area contributed by atoms with Crippen LogP contribution >= 0.6 is 0 Å². The number of alkyl halides is 3. The number of hydrogen-bond donors (Lipinski definition) is 3. The quantitative estimate of drug-likeness (QED) is 0.127. The van der Waals surface area contributed by atoms with E-state index in [2.05, 4.69) is 25.7 Å². The smallest absolute Gasteiger partial charge is 0.386 e. The van der Waals surface area contributed by atoms with Gasteiger partial charge in [0.1, 0.15) is 11.9 Å². The summed E-state index contributed by atoms with van der Waals surface area (Å²) in [6.45, 7) is 0.431. The molecule has 2 aromatic carbocycles. The van der Waals surface area contributed by atoms with E-state index in [9.17, 15) is 36.6 Å². The summed E-state index contributed by atoms with van der Waals surface area (Å²) in [5.74, 6) is -4.70. The fraction of sp³-hybridized carbons (Fsp3) is 0.323. The number of esters is 2. The lowest BCUT2D eigenvalue weighted by atomic mass is 9.98. The number of ether oxygens (including phenoxy) is 1. The summed E-state index contributed by atoms with van der Waals surface area (Å²) >= 11 is 0. The van der Waals surface area contributed by atoms with Crippen LogP contribution in [0, 0.1) is 0 Å². The van der Waals surface area contributed by atoms with E-state index in [1.807, 2.05) is 36.4 Å². The van der Waals surface area contributed by atoms with Crippen molar-refractivity contribution in [1.82, 2.24) is 15.6 Å². The number of carbonyl (C=O) groups is 4. The Hall–Kier alpha value is -4.59. The Bertz CT molecular complexity index is 1460. The highest BCUT2D eigenvalue weighted by molar-refractivity contribution is 7.84. The topological polar surface area (TPSA) is 144 Å². The molecule has 0 radical (unpaired) electrons. The van der Waals surface area contributed by atoms with E-state index in [1.54, 1.807) is 42.6 Å². The van der Waals surface area contributed by atoms with Gasteiger partial charge in [-0.05, 0) is 41.7 Å². The van der Waals surface area contributed by atoms with E-state index in [-0.39, 0.29) is 18.6 Å². The van der Waals surface area contributed by atoms with Crippen molar-refractivity contribution in [3.63, 3.8) is 0 Å². The van der Waals surface area contributed by atoms with Gasteiger partial charge in [-0.1, -0.05) is 60.7 Å². The molecule has 3 aromatic rings. The molecule has 2 amide bonds. The Balaban J connectivity index is 1.73. The maximum Gasteiger partial charge on any atom is 0.491 e. The first-order valence-corrected chi connectivity index (χ1v) is 15.7. The van der Waals surface area contributed by atoms with Crippen LogP contribution in [-0.2, 0) is 34.7 Å². The summed E-state index contributed by atoms with van der Waals surface area (Å²) in [7, 11) is -1.31. The van der Waals surface area contributed by atoms with E-state index < -0.39 is 59.2 Å². The van der Waals surface area contributed by atoms with Crippen molar-refractivity contribution < 1.29 is 41.3 Å². The number of hydrogen-bond acceptors (Lipinski definition) is 8. The molecule has 0 spiro atoms. The molecular weight excluding hydrogens is 613 g/mol. The van der Waals surface area contributed by atoms with Gasteiger partial charge in [-0.25, -0.2) is 9.78 Å². The van der Waals surface area contributed by atoms with Gasteiger partial charge < -0.3 is 20.7 Å². The first-order valence-electron chi connectivity index (χ1n) is 13.9. The van der Waals surface area contributed by atoms with Gasteiger partial charge in [-0.3, -0.25) is 18.6 Å². The average molecular weight is 647 g/mol. The maximum atomic E-state index is 13.4. The number of anilines is 1. The van der Waals surface area contributed by atoms with Gasteiger partial charge in [0.15, 0.2) is 0 Å². The van der Waals surface area contributed by atoms with Gasteiger partial charge in [0.2, 0.25) is 11.8 Å². The Morgan fingerprint density at radius 3 is 2.20 bits per heavy atom. The van der Waals surface area contributed by atoms with Crippen molar-refractivity contribution in [2.75, 3.05) is 23.9 Å². The average Bonchev–Trinajstić information content (AvgIpc) is 3.01. The van der Waals surface area contributed by atoms with Gasteiger partial charge in [-0.2, -0.15) is 13.2 Å². The Morgan fingerprint density at radius 2 is 1.58 bits per heavy atom. The molecule has 10 nitrogen and oxygen atoms in total. The fourth-order valence-electron chi connectivity index (χ4n) is 4.18. The lowest BCUT2D eigenvalue weighted by Crippen LogP contribution is -2.48. The van der Waals surface area contributed by atoms with E-state index in [0.29, 0.717) is 24.3 Å². The molecule has 1 heterocycles. The second-order valence-electron chi connectivity index (χ2n) is 9.94. The number of rotatable bonds is 15. The normalized spacial score (nSPS) is 13.2. The second-order valence-corrected chi connectivity index (χ2v) is 11.5. The Labute approximate surface area is 260 Å². The van der Waals surface area contributed by atoms with Gasteiger partial charge in [0.25, 0.3) is 0 Å². The molecule has 45 heavy (non-hydrogen) atoms. The molecular formula is C31H33F3N4O6S. The number of nitrogens with one attached hydrogen (secondary N) is 3. The van der Waals surface area contributed by atoms with Crippen molar-refractivity contribution in [3.8, 4) is 11.1 Å². The summed E-state index contributed by atoms with van der Waals surface area (Å²) in [6.07, 6.45) is -2.69. The van der Waals surface area contributed by atoms with Gasteiger partial charge in [0, 0.05) is 42.0 Å². The van der Waals surface area contributed by atoms with Crippen molar-refractivity contribution >= 4 is 40.4 Å². The summed E-state index contributed by atoms with van der Waals surface area (Å²) in [4.78, 5) is 53.8. The molecule has 3 N–H and O–H groups in total. The Kier molecular flexibility index (Phi) is 13.2. The highest BCUT2D eigenvalue weighted by Crippen LogP contribution is 2.25. The summed E-state index contributed by atoms with van der Waals surface area (Å²) in [5, 5.41) is 8.27. The molecule has 0 aliphatic rings. The van der Waals surface area contributed by atoms with Crippen molar-refractivity contribution in [3.05, 3.63) is 84.6 Å². The van der Waals surface area contributed by atoms with Crippen molar-refractivity contribution in [2.24, 2.45) is 0 Å². The second kappa shape index (κ2) is 17.0. The van der Waals surface area contributed by atoms with Crippen LogP contribution in [0.3, 0.4) is 0 Å². The molecule has 0 saturated carbocycles. The fourth-order valence-corrected chi connectivity index (χ4v) is 4.75. The van der Waals surface area contributed by atoms with Gasteiger partial charge in [-0.15, -0.1) is 0 Å². The van der Waals surface area contributed by atoms with Crippen LogP contribution in [0.2, 0.25) is 0 Å². The van der Waals surface area contributed by atoms with Crippen LogP contribution in [0.1, 0.15) is 37.3 Å².